The molecule has 0 aliphatic carbocycles. The zero-order valence-corrected chi connectivity index (χ0v) is 11.2. The van der Waals surface area contributed by atoms with E-state index in [1.165, 1.54) is 14.8 Å². The molecule has 0 fully saturated rings. The Morgan fingerprint density at radius 1 is 1.44 bits per heavy atom. The van der Waals surface area contributed by atoms with Crippen LogP contribution in [0.25, 0.3) is 0 Å². The molecule has 2 N–H and O–H groups in total. The third-order valence-electron chi connectivity index (χ3n) is 2.71. The van der Waals surface area contributed by atoms with Gasteiger partial charge in [-0.15, -0.1) is 22.7 Å². The Bertz CT molecular complexity index is 426. The highest BCUT2D eigenvalue weighted by Crippen LogP contribution is 2.27. The average molecular weight is 252 g/mol. The molecule has 4 heteroatoms. The van der Waals surface area contributed by atoms with E-state index in [9.17, 15) is 0 Å². The van der Waals surface area contributed by atoms with Crippen LogP contribution in [0.3, 0.4) is 0 Å². The first-order chi connectivity index (χ1) is 7.70. The van der Waals surface area contributed by atoms with Gasteiger partial charge in [0.1, 0.15) is 0 Å². The van der Waals surface area contributed by atoms with Crippen molar-refractivity contribution in [2.75, 3.05) is 6.54 Å². The first-order valence-electron chi connectivity index (χ1n) is 5.37. The minimum Gasteiger partial charge on any atom is -0.330 e. The van der Waals surface area contributed by atoms with Gasteiger partial charge in [0.25, 0.3) is 0 Å². The maximum absolute atomic E-state index is 5.85. The van der Waals surface area contributed by atoms with E-state index >= 15 is 0 Å². The lowest BCUT2D eigenvalue weighted by molar-refractivity contribution is 0.693. The summed E-state index contributed by atoms with van der Waals surface area (Å²) in [6.45, 7) is 4.85. The molecule has 0 radical (unpaired) electrons. The van der Waals surface area contributed by atoms with E-state index in [1.54, 1.807) is 22.7 Å². The van der Waals surface area contributed by atoms with Crippen molar-refractivity contribution < 1.29 is 0 Å². The van der Waals surface area contributed by atoms with Gasteiger partial charge in [-0.25, -0.2) is 4.98 Å². The molecule has 0 saturated heterocycles. The van der Waals surface area contributed by atoms with Gasteiger partial charge in [-0.3, -0.25) is 0 Å². The van der Waals surface area contributed by atoms with Crippen molar-refractivity contribution in [3.05, 3.63) is 38.0 Å². The van der Waals surface area contributed by atoms with E-state index in [4.69, 9.17) is 5.73 Å². The number of thiazole rings is 1. The van der Waals surface area contributed by atoms with Gasteiger partial charge in [-0.1, -0.05) is 6.07 Å². The summed E-state index contributed by atoms with van der Waals surface area (Å²) in [5, 5.41) is 3.30. The van der Waals surface area contributed by atoms with Gasteiger partial charge in [0.05, 0.1) is 10.7 Å². The van der Waals surface area contributed by atoms with Crippen LogP contribution in [0.4, 0.5) is 0 Å². The highest BCUT2D eigenvalue weighted by molar-refractivity contribution is 7.11. The van der Waals surface area contributed by atoms with Crippen molar-refractivity contribution in [2.45, 2.75) is 26.2 Å². The van der Waals surface area contributed by atoms with Gasteiger partial charge >= 0.3 is 0 Å². The van der Waals surface area contributed by atoms with Gasteiger partial charge in [0, 0.05) is 22.2 Å². The van der Waals surface area contributed by atoms with Crippen LogP contribution in [0.15, 0.2) is 17.5 Å². The molecule has 2 heterocycles. The molecule has 86 valence electrons. The van der Waals surface area contributed by atoms with Crippen LogP contribution >= 0.6 is 22.7 Å². The quantitative estimate of drug-likeness (QED) is 0.908. The number of nitrogens with zero attached hydrogens (tertiary/aromatic N) is 1. The monoisotopic (exact) mass is 252 g/mol. The Morgan fingerprint density at radius 2 is 2.25 bits per heavy atom. The summed E-state index contributed by atoms with van der Waals surface area (Å²) in [6, 6.07) is 4.26. The Morgan fingerprint density at radius 3 is 2.75 bits per heavy atom. The summed E-state index contributed by atoms with van der Waals surface area (Å²) in [6.07, 6.45) is 1.01. The predicted molar refractivity (Wildman–Crippen MR) is 71.4 cm³/mol. The zero-order chi connectivity index (χ0) is 11.5. The SMILES string of the molecule is Cc1nc(C(CN)Cc2cccs2)sc1C. The van der Waals surface area contributed by atoms with Crippen LogP contribution < -0.4 is 5.73 Å². The van der Waals surface area contributed by atoms with E-state index in [2.05, 4.69) is 36.3 Å². The minimum atomic E-state index is 0.371. The highest BCUT2D eigenvalue weighted by Gasteiger charge is 2.16. The van der Waals surface area contributed by atoms with Gasteiger partial charge in [0.2, 0.25) is 0 Å². The summed E-state index contributed by atoms with van der Waals surface area (Å²) in [5.41, 5.74) is 7.00. The lowest BCUT2D eigenvalue weighted by Crippen LogP contribution is -2.14. The molecule has 0 bridgehead atoms. The van der Waals surface area contributed by atoms with Crippen molar-refractivity contribution in [1.29, 1.82) is 0 Å². The molecule has 0 aliphatic rings. The molecule has 1 atom stereocenters. The fourth-order valence-corrected chi connectivity index (χ4v) is 3.44. The second-order valence-electron chi connectivity index (χ2n) is 3.91. The molecular weight excluding hydrogens is 236 g/mol. The molecule has 2 nitrogen and oxygen atoms in total. The summed E-state index contributed by atoms with van der Waals surface area (Å²) < 4.78 is 0. The number of thiophene rings is 1. The first kappa shape index (κ1) is 11.8. The molecular formula is C12H16N2S2. The summed E-state index contributed by atoms with van der Waals surface area (Å²) in [5.74, 6) is 0.371. The molecule has 2 rings (SSSR count). The molecule has 0 aliphatic heterocycles. The van der Waals surface area contributed by atoms with Crippen LogP contribution in [-0.4, -0.2) is 11.5 Å². The van der Waals surface area contributed by atoms with Crippen LogP contribution in [0.5, 0.6) is 0 Å². The standard InChI is InChI=1S/C12H16N2S2/c1-8-9(2)16-12(14-8)10(7-13)6-11-4-3-5-15-11/h3-5,10H,6-7,13H2,1-2H3. The third-order valence-corrected chi connectivity index (χ3v) is 4.84. The molecule has 0 saturated carbocycles. The fourth-order valence-electron chi connectivity index (χ4n) is 1.62. The molecule has 2 aromatic heterocycles. The van der Waals surface area contributed by atoms with E-state index < -0.39 is 0 Å². The van der Waals surface area contributed by atoms with Crippen molar-refractivity contribution in [3.63, 3.8) is 0 Å². The molecule has 16 heavy (non-hydrogen) atoms. The Hall–Kier alpha value is -0.710. The van der Waals surface area contributed by atoms with Crippen LogP contribution in [-0.2, 0) is 6.42 Å². The number of nitrogens with two attached hydrogens (primary N) is 1. The van der Waals surface area contributed by atoms with Gasteiger partial charge < -0.3 is 5.73 Å². The largest absolute Gasteiger partial charge is 0.330 e. The molecule has 0 aromatic carbocycles. The second-order valence-corrected chi connectivity index (χ2v) is 6.18. The first-order valence-corrected chi connectivity index (χ1v) is 7.06. The summed E-state index contributed by atoms with van der Waals surface area (Å²) in [4.78, 5) is 7.30. The predicted octanol–water partition coefficient (Wildman–Crippen LogP) is 3.11. The van der Waals surface area contributed by atoms with Crippen LogP contribution in [0.1, 0.15) is 26.4 Å². The maximum atomic E-state index is 5.85. The summed E-state index contributed by atoms with van der Waals surface area (Å²) >= 11 is 3.58. The van der Waals surface area contributed by atoms with Gasteiger partial charge in [-0.2, -0.15) is 0 Å². The second kappa shape index (κ2) is 5.08. The normalized spacial score (nSPS) is 12.9. The number of hydrogen-bond acceptors (Lipinski definition) is 4. The van der Waals surface area contributed by atoms with E-state index in [-0.39, 0.29) is 0 Å². The number of rotatable bonds is 4. The Labute approximate surface area is 104 Å². The smallest absolute Gasteiger partial charge is 0.0978 e. The molecule has 1 unspecified atom stereocenters. The van der Waals surface area contributed by atoms with Crippen molar-refractivity contribution in [3.8, 4) is 0 Å². The number of hydrogen-bond donors (Lipinski definition) is 1. The van der Waals surface area contributed by atoms with Crippen LogP contribution in [0.2, 0.25) is 0 Å². The van der Waals surface area contributed by atoms with E-state index in [1.807, 2.05) is 0 Å². The van der Waals surface area contributed by atoms with Gasteiger partial charge in [-0.05, 0) is 31.7 Å². The number of aryl methyl sites for hydroxylation is 2. The topological polar surface area (TPSA) is 38.9 Å². The van der Waals surface area contributed by atoms with Crippen molar-refractivity contribution in [1.82, 2.24) is 4.98 Å². The van der Waals surface area contributed by atoms with Crippen LogP contribution in [0, 0.1) is 13.8 Å². The molecule has 0 amide bonds. The third kappa shape index (κ3) is 2.51. The Balaban J connectivity index is 2.16. The van der Waals surface area contributed by atoms with E-state index in [0.717, 1.165) is 12.1 Å². The highest BCUT2D eigenvalue weighted by atomic mass is 32.1. The van der Waals surface area contributed by atoms with E-state index in [0.29, 0.717) is 12.5 Å². The maximum Gasteiger partial charge on any atom is 0.0978 e. The zero-order valence-electron chi connectivity index (χ0n) is 9.56. The molecule has 0 spiro atoms. The lowest BCUT2D eigenvalue weighted by atomic mass is 10.1. The number of aromatic nitrogens is 1. The Kier molecular flexibility index (Phi) is 3.74. The van der Waals surface area contributed by atoms with Gasteiger partial charge in [0.15, 0.2) is 0 Å². The van der Waals surface area contributed by atoms with Crippen molar-refractivity contribution in [2.24, 2.45) is 5.73 Å². The average Bonchev–Trinajstić information content (AvgIpc) is 2.86. The minimum absolute atomic E-state index is 0.371. The molecule has 2 aromatic rings. The lowest BCUT2D eigenvalue weighted by Gasteiger charge is -2.09. The summed E-state index contributed by atoms with van der Waals surface area (Å²) in [7, 11) is 0. The van der Waals surface area contributed by atoms with Crippen molar-refractivity contribution >= 4 is 22.7 Å². The fraction of sp³-hybridized carbons (Fsp3) is 0.417.